The largest absolute Gasteiger partial charge is 0.497 e. The van der Waals surface area contributed by atoms with E-state index in [1.54, 1.807) is 31.4 Å². The van der Waals surface area contributed by atoms with Crippen molar-refractivity contribution in [3.63, 3.8) is 0 Å². The summed E-state index contributed by atoms with van der Waals surface area (Å²) < 4.78 is 33.2. The zero-order valence-electron chi connectivity index (χ0n) is 17.0. The Morgan fingerprint density at radius 1 is 1.10 bits per heavy atom. The molecule has 0 spiro atoms. The summed E-state index contributed by atoms with van der Waals surface area (Å²) >= 11 is 1.10. The summed E-state index contributed by atoms with van der Waals surface area (Å²) in [6.07, 6.45) is 0. The van der Waals surface area contributed by atoms with Gasteiger partial charge in [-0.25, -0.2) is 13.8 Å². The van der Waals surface area contributed by atoms with Crippen molar-refractivity contribution in [1.82, 2.24) is 9.88 Å². The van der Waals surface area contributed by atoms with Crippen LogP contribution in [0, 0.1) is 11.6 Å². The Hall–Kier alpha value is -2.29. The number of methoxy groups -OCH3 is 1. The number of halogens is 3. The third-order valence-corrected chi connectivity index (χ3v) is 5.77. The van der Waals surface area contributed by atoms with Gasteiger partial charge >= 0.3 is 0 Å². The molecule has 0 unspecified atom stereocenters. The number of fused-ring (bicyclic) bond motifs is 1. The second-order valence-corrected chi connectivity index (χ2v) is 7.45. The number of amides is 1. The summed E-state index contributed by atoms with van der Waals surface area (Å²) in [5.41, 5.74) is 0.540. The molecule has 0 radical (unpaired) electrons. The third kappa shape index (κ3) is 5.24. The van der Waals surface area contributed by atoms with E-state index in [1.165, 1.54) is 11.0 Å². The highest BCUT2D eigenvalue weighted by Gasteiger charge is 2.23. The zero-order valence-corrected chi connectivity index (χ0v) is 18.7. The Balaban J connectivity index is 0.00000320. The normalized spacial score (nSPS) is 10.9. The first-order valence-corrected chi connectivity index (χ1v) is 10.2. The molecule has 0 aliphatic heterocycles. The quantitative estimate of drug-likeness (QED) is 0.480. The van der Waals surface area contributed by atoms with Crippen molar-refractivity contribution in [3.8, 4) is 5.75 Å². The molecule has 5 nitrogen and oxygen atoms in total. The van der Waals surface area contributed by atoms with Crippen molar-refractivity contribution in [2.75, 3.05) is 38.2 Å². The van der Waals surface area contributed by atoms with Gasteiger partial charge in [0.1, 0.15) is 17.1 Å². The third-order valence-electron chi connectivity index (χ3n) is 4.75. The van der Waals surface area contributed by atoms with Crippen molar-refractivity contribution in [3.05, 3.63) is 53.6 Å². The van der Waals surface area contributed by atoms with Crippen LogP contribution in [-0.2, 0) is 0 Å². The summed E-state index contributed by atoms with van der Waals surface area (Å²) in [6, 6.07) is 8.82. The van der Waals surface area contributed by atoms with Crippen LogP contribution in [0.4, 0.5) is 13.9 Å². The molecule has 0 fully saturated rings. The van der Waals surface area contributed by atoms with Gasteiger partial charge in [-0.3, -0.25) is 9.69 Å². The van der Waals surface area contributed by atoms with Gasteiger partial charge in [-0.05, 0) is 43.4 Å². The first-order valence-electron chi connectivity index (χ1n) is 9.40. The molecule has 0 saturated carbocycles. The van der Waals surface area contributed by atoms with Gasteiger partial charge in [0, 0.05) is 24.7 Å². The predicted octanol–water partition coefficient (Wildman–Crippen LogP) is 4.99. The number of carbonyl (C=O) groups excluding carboxylic acids is 1. The predicted molar refractivity (Wildman–Crippen MR) is 119 cm³/mol. The van der Waals surface area contributed by atoms with Gasteiger partial charge in [0.15, 0.2) is 10.9 Å². The average Bonchev–Trinajstić information content (AvgIpc) is 3.15. The van der Waals surface area contributed by atoms with Crippen LogP contribution in [0.1, 0.15) is 24.2 Å². The number of hydrogen-bond acceptors (Lipinski definition) is 5. The molecule has 30 heavy (non-hydrogen) atoms. The highest BCUT2D eigenvalue weighted by atomic mass is 35.5. The molecule has 0 N–H and O–H groups in total. The Morgan fingerprint density at radius 3 is 2.37 bits per heavy atom. The van der Waals surface area contributed by atoms with Crippen LogP contribution < -0.4 is 9.64 Å². The molecule has 3 rings (SSSR count). The fraction of sp³-hybridized carbons (Fsp3) is 0.333. The molecule has 1 heterocycles. The Morgan fingerprint density at radius 2 is 1.77 bits per heavy atom. The molecule has 0 atom stereocenters. The monoisotopic (exact) mass is 455 g/mol. The van der Waals surface area contributed by atoms with Crippen molar-refractivity contribution in [2.24, 2.45) is 0 Å². The van der Waals surface area contributed by atoms with Gasteiger partial charge in [0.2, 0.25) is 0 Å². The Bertz CT molecular complexity index is 994. The Kier molecular flexibility index (Phi) is 8.52. The SMILES string of the molecule is CCN(CC)CCN(C(=O)c1ccc(OC)cc1)c1nc2c(F)cc(F)cc2s1.Cl. The van der Waals surface area contributed by atoms with Crippen molar-refractivity contribution >= 4 is 45.0 Å². The van der Waals surface area contributed by atoms with Gasteiger partial charge in [0.25, 0.3) is 5.91 Å². The lowest BCUT2D eigenvalue weighted by Gasteiger charge is -2.24. The fourth-order valence-corrected chi connectivity index (χ4v) is 4.05. The topological polar surface area (TPSA) is 45.7 Å². The first-order chi connectivity index (χ1) is 14.0. The number of likely N-dealkylation sites (N-methyl/N-ethyl adjacent to an activating group) is 1. The van der Waals surface area contributed by atoms with E-state index >= 15 is 0 Å². The average molecular weight is 456 g/mol. The van der Waals surface area contributed by atoms with E-state index in [2.05, 4.69) is 23.7 Å². The number of benzene rings is 2. The highest BCUT2D eigenvalue weighted by molar-refractivity contribution is 7.22. The van der Waals surface area contributed by atoms with Crippen LogP contribution in [0.15, 0.2) is 36.4 Å². The number of ether oxygens (including phenoxy) is 1. The molecule has 1 amide bonds. The fourth-order valence-electron chi connectivity index (χ4n) is 3.02. The molecular formula is C21H24ClF2N3O2S. The summed E-state index contributed by atoms with van der Waals surface area (Å²) in [7, 11) is 1.56. The molecule has 9 heteroatoms. The van der Waals surface area contributed by atoms with E-state index in [1.807, 2.05) is 0 Å². The van der Waals surface area contributed by atoms with Crippen LogP contribution in [0.5, 0.6) is 5.75 Å². The lowest BCUT2D eigenvalue weighted by atomic mass is 10.2. The van der Waals surface area contributed by atoms with Crippen molar-refractivity contribution in [2.45, 2.75) is 13.8 Å². The van der Waals surface area contributed by atoms with Crippen molar-refractivity contribution in [1.29, 1.82) is 0 Å². The second kappa shape index (κ2) is 10.7. The molecule has 0 aliphatic rings. The smallest absolute Gasteiger partial charge is 0.260 e. The van der Waals surface area contributed by atoms with E-state index in [9.17, 15) is 13.6 Å². The standard InChI is InChI=1S/C21H23F2N3O2S.ClH/c1-4-25(5-2)10-11-26(20(27)14-6-8-16(28-3)9-7-14)21-24-19-17(23)12-15(22)13-18(19)29-21;/h6-9,12-13H,4-5,10-11H2,1-3H3;1H. The van der Waals surface area contributed by atoms with E-state index in [-0.39, 0.29) is 23.8 Å². The number of anilines is 1. The first kappa shape index (κ1) is 24.0. The second-order valence-electron chi connectivity index (χ2n) is 6.44. The van der Waals surface area contributed by atoms with E-state index in [0.717, 1.165) is 30.5 Å². The number of nitrogens with zero attached hydrogens (tertiary/aromatic N) is 3. The summed E-state index contributed by atoms with van der Waals surface area (Å²) in [4.78, 5) is 21.2. The maximum Gasteiger partial charge on any atom is 0.260 e. The van der Waals surface area contributed by atoms with Crippen LogP contribution in [0.25, 0.3) is 10.2 Å². The summed E-state index contributed by atoms with van der Waals surface area (Å²) in [5.74, 6) is -1.00. The minimum absolute atomic E-state index is 0. The Labute approximate surface area is 184 Å². The summed E-state index contributed by atoms with van der Waals surface area (Å²) in [5, 5.41) is 0.345. The van der Waals surface area contributed by atoms with Crippen LogP contribution in [0.2, 0.25) is 0 Å². The number of aromatic nitrogens is 1. The van der Waals surface area contributed by atoms with Gasteiger partial charge in [-0.2, -0.15) is 0 Å². The number of rotatable bonds is 8. The highest BCUT2D eigenvalue weighted by Crippen LogP contribution is 2.32. The lowest BCUT2D eigenvalue weighted by Crippen LogP contribution is -2.38. The molecule has 3 aromatic rings. The maximum absolute atomic E-state index is 14.1. The van der Waals surface area contributed by atoms with Crippen LogP contribution in [0.3, 0.4) is 0 Å². The molecular weight excluding hydrogens is 432 g/mol. The minimum atomic E-state index is -0.733. The van der Waals surface area contributed by atoms with E-state index < -0.39 is 11.6 Å². The molecule has 2 aromatic carbocycles. The molecule has 0 aliphatic carbocycles. The van der Waals surface area contributed by atoms with Gasteiger partial charge in [-0.15, -0.1) is 12.4 Å². The van der Waals surface area contributed by atoms with Crippen LogP contribution >= 0.6 is 23.7 Å². The van der Waals surface area contributed by atoms with E-state index in [4.69, 9.17) is 4.74 Å². The number of carbonyl (C=O) groups is 1. The summed E-state index contributed by atoms with van der Waals surface area (Å²) in [6.45, 7) is 6.82. The minimum Gasteiger partial charge on any atom is -0.497 e. The zero-order chi connectivity index (χ0) is 21.0. The van der Waals surface area contributed by atoms with Gasteiger partial charge in [-0.1, -0.05) is 25.2 Å². The van der Waals surface area contributed by atoms with Crippen molar-refractivity contribution < 1.29 is 18.3 Å². The van der Waals surface area contributed by atoms with Crippen LogP contribution in [-0.4, -0.2) is 49.1 Å². The maximum atomic E-state index is 14.1. The molecule has 0 saturated heterocycles. The van der Waals surface area contributed by atoms with E-state index in [0.29, 0.717) is 34.2 Å². The number of hydrogen-bond donors (Lipinski definition) is 0. The number of thiazole rings is 1. The van der Waals surface area contributed by atoms with Gasteiger partial charge < -0.3 is 9.64 Å². The lowest BCUT2D eigenvalue weighted by molar-refractivity contribution is 0.0983. The molecule has 1 aromatic heterocycles. The van der Waals surface area contributed by atoms with Gasteiger partial charge in [0.05, 0.1) is 11.8 Å². The molecule has 162 valence electrons. The molecule has 0 bridgehead atoms.